The van der Waals surface area contributed by atoms with Crippen molar-refractivity contribution in [2.75, 3.05) is 0 Å². The van der Waals surface area contributed by atoms with Gasteiger partial charge in [-0.25, -0.2) is 4.79 Å². The van der Waals surface area contributed by atoms with E-state index in [0.29, 0.717) is 19.1 Å². The zero-order valence-electron chi connectivity index (χ0n) is 20.5. The monoisotopic (exact) mass is 458 g/mol. The van der Waals surface area contributed by atoms with E-state index >= 15 is 0 Å². The number of aldehydes is 1. The summed E-state index contributed by atoms with van der Waals surface area (Å²) in [5.41, 5.74) is 5.49. The quantitative estimate of drug-likeness (QED) is 0.132. The number of nitrogens with two attached hydrogens (primary N) is 1. The van der Waals surface area contributed by atoms with Crippen molar-refractivity contribution in [3.05, 3.63) is 60.8 Å². The first-order chi connectivity index (χ1) is 15.9. The molecule has 3 atom stereocenters. The summed E-state index contributed by atoms with van der Waals surface area (Å²) < 4.78 is 5.07. The highest BCUT2D eigenvalue weighted by atomic mass is 16.5. The minimum atomic E-state index is -0.875. The van der Waals surface area contributed by atoms with E-state index in [1.165, 1.54) is 6.92 Å². The number of nitrogens with one attached hydrogen (secondary N) is 1. The zero-order chi connectivity index (χ0) is 24.7. The molecule has 0 bridgehead atoms. The van der Waals surface area contributed by atoms with Crippen LogP contribution in [0, 0.1) is 0 Å². The van der Waals surface area contributed by atoms with Crippen LogP contribution in [-0.4, -0.2) is 36.4 Å². The number of allylic oxidation sites excluding steroid dienone is 10. The minimum absolute atomic E-state index is 0.209. The average molecular weight is 459 g/mol. The maximum absolute atomic E-state index is 11.9. The molecule has 0 aromatic carbocycles. The Hall–Kier alpha value is -2.73. The first-order valence-electron chi connectivity index (χ1n) is 11.9. The van der Waals surface area contributed by atoms with Crippen LogP contribution < -0.4 is 11.1 Å². The van der Waals surface area contributed by atoms with Gasteiger partial charge < -0.3 is 20.6 Å². The Bertz CT molecular complexity index is 692. The molecular weight excluding hydrogens is 416 g/mol. The van der Waals surface area contributed by atoms with Crippen molar-refractivity contribution in [1.29, 1.82) is 0 Å². The van der Waals surface area contributed by atoms with Crippen LogP contribution in [-0.2, 0) is 19.1 Å². The summed E-state index contributed by atoms with van der Waals surface area (Å²) >= 11 is 0. The number of amides is 1. The molecule has 1 amide bonds. The van der Waals surface area contributed by atoms with Crippen LogP contribution in [0.2, 0.25) is 0 Å². The number of carbonyl (C=O) groups excluding carboxylic acids is 3. The molecular formula is C27H42N2O4. The standard InChI is InChI=1S/C27H42N2O4/c1-4-5-6-7-8-9-10-11-12-13-14-15-16-17-18-19-20-21-26(31)29-23(2)27(32)33-24(3)25(28)22-30/h5-6,8-9,11-12,14-15,17-18,22-25H,4,7,10,13,16,19-21,28H2,1-3H3,(H,29,31)/b6-5-,9-8-,12-11-,15-14-,18-17-/t23-,24+,25+/m0/s1. The predicted molar refractivity (Wildman–Crippen MR) is 136 cm³/mol. The van der Waals surface area contributed by atoms with Crippen molar-refractivity contribution in [3.63, 3.8) is 0 Å². The molecule has 0 radical (unpaired) electrons. The second-order valence-electron chi connectivity index (χ2n) is 7.74. The predicted octanol–water partition coefficient (Wildman–Crippen LogP) is 4.87. The number of hydrogen-bond donors (Lipinski definition) is 2. The van der Waals surface area contributed by atoms with Gasteiger partial charge in [0, 0.05) is 6.42 Å². The number of unbranched alkanes of at least 4 members (excludes halogenated alkanes) is 1. The van der Waals surface area contributed by atoms with Crippen LogP contribution in [0.4, 0.5) is 0 Å². The first kappa shape index (κ1) is 30.3. The van der Waals surface area contributed by atoms with E-state index in [2.05, 4.69) is 73.0 Å². The summed E-state index contributed by atoms with van der Waals surface area (Å²) in [6, 6.07) is -1.66. The van der Waals surface area contributed by atoms with Gasteiger partial charge in [0.2, 0.25) is 5.91 Å². The Labute approximate surface area is 199 Å². The fourth-order valence-corrected chi connectivity index (χ4v) is 2.60. The number of rotatable bonds is 18. The maximum atomic E-state index is 11.9. The topological polar surface area (TPSA) is 98.5 Å². The second kappa shape index (κ2) is 21.1. The fraction of sp³-hybridized carbons (Fsp3) is 0.519. The van der Waals surface area contributed by atoms with Crippen LogP contribution in [0.1, 0.15) is 72.1 Å². The lowest BCUT2D eigenvalue weighted by Crippen LogP contribution is -2.44. The number of hydrogen-bond acceptors (Lipinski definition) is 5. The number of esters is 1. The Morgan fingerprint density at radius 2 is 1.33 bits per heavy atom. The van der Waals surface area contributed by atoms with Gasteiger partial charge in [-0.2, -0.15) is 0 Å². The van der Waals surface area contributed by atoms with E-state index in [0.717, 1.165) is 38.5 Å². The highest BCUT2D eigenvalue weighted by molar-refractivity contribution is 5.84. The molecule has 0 saturated heterocycles. The van der Waals surface area contributed by atoms with E-state index in [1.54, 1.807) is 6.92 Å². The van der Waals surface area contributed by atoms with Gasteiger partial charge >= 0.3 is 5.97 Å². The summed E-state index contributed by atoms with van der Waals surface area (Å²) in [5.74, 6) is -0.815. The first-order valence-corrected chi connectivity index (χ1v) is 11.9. The molecule has 0 aromatic heterocycles. The van der Waals surface area contributed by atoms with Gasteiger partial charge in [0.05, 0.1) is 6.04 Å². The van der Waals surface area contributed by atoms with Gasteiger partial charge in [0.15, 0.2) is 0 Å². The zero-order valence-corrected chi connectivity index (χ0v) is 20.5. The summed E-state index contributed by atoms with van der Waals surface area (Å²) in [4.78, 5) is 34.5. The molecule has 0 aliphatic carbocycles. The lowest BCUT2D eigenvalue weighted by Gasteiger charge is -2.19. The molecule has 0 fully saturated rings. The lowest BCUT2D eigenvalue weighted by atomic mass is 10.2. The molecule has 0 aliphatic rings. The van der Waals surface area contributed by atoms with Crippen LogP contribution in [0.3, 0.4) is 0 Å². The fourth-order valence-electron chi connectivity index (χ4n) is 2.60. The molecule has 0 unspecified atom stereocenters. The molecule has 6 nitrogen and oxygen atoms in total. The van der Waals surface area contributed by atoms with Crippen molar-refractivity contribution in [3.8, 4) is 0 Å². The molecule has 0 heterocycles. The highest BCUT2D eigenvalue weighted by Crippen LogP contribution is 2.02. The largest absolute Gasteiger partial charge is 0.459 e. The Kier molecular flexibility index (Phi) is 19.4. The highest BCUT2D eigenvalue weighted by Gasteiger charge is 2.22. The third-order valence-corrected chi connectivity index (χ3v) is 4.66. The van der Waals surface area contributed by atoms with Crippen LogP contribution in [0.15, 0.2) is 60.8 Å². The second-order valence-corrected chi connectivity index (χ2v) is 7.74. The van der Waals surface area contributed by atoms with Gasteiger partial charge in [0.1, 0.15) is 18.4 Å². The minimum Gasteiger partial charge on any atom is -0.459 e. The molecule has 0 spiro atoms. The smallest absolute Gasteiger partial charge is 0.328 e. The molecule has 0 saturated carbocycles. The number of ether oxygens (including phenoxy) is 1. The van der Waals surface area contributed by atoms with Gasteiger partial charge in [-0.15, -0.1) is 0 Å². The number of carbonyl (C=O) groups is 3. The van der Waals surface area contributed by atoms with Gasteiger partial charge in [-0.3, -0.25) is 4.79 Å². The average Bonchev–Trinajstić information content (AvgIpc) is 2.80. The molecule has 0 aliphatic heterocycles. The van der Waals surface area contributed by atoms with Crippen LogP contribution in [0.25, 0.3) is 0 Å². The normalized spacial score (nSPS) is 15.0. The Morgan fingerprint density at radius 1 is 0.848 bits per heavy atom. The Morgan fingerprint density at radius 3 is 1.82 bits per heavy atom. The van der Waals surface area contributed by atoms with E-state index in [9.17, 15) is 14.4 Å². The van der Waals surface area contributed by atoms with Crippen LogP contribution >= 0.6 is 0 Å². The molecule has 3 N–H and O–H groups in total. The van der Waals surface area contributed by atoms with E-state index < -0.39 is 24.2 Å². The Balaban J connectivity index is 3.82. The van der Waals surface area contributed by atoms with Crippen molar-refractivity contribution < 1.29 is 19.1 Å². The molecule has 33 heavy (non-hydrogen) atoms. The summed E-state index contributed by atoms with van der Waals surface area (Å²) in [6.45, 7) is 5.22. The maximum Gasteiger partial charge on any atom is 0.328 e. The summed E-state index contributed by atoms with van der Waals surface area (Å²) in [6.07, 6.45) is 28.0. The molecule has 0 aromatic rings. The van der Waals surface area contributed by atoms with Crippen molar-refractivity contribution in [2.24, 2.45) is 5.73 Å². The van der Waals surface area contributed by atoms with E-state index in [4.69, 9.17) is 10.5 Å². The van der Waals surface area contributed by atoms with Crippen molar-refractivity contribution >= 4 is 18.2 Å². The van der Waals surface area contributed by atoms with Gasteiger partial charge in [0.25, 0.3) is 0 Å². The molecule has 184 valence electrons. The third kappa shape index (κ3) is 18.5. The summed E-state index contributed by atoms with van der Waals surface area (Å²) in [5, 5.41) is 2.61. The van der Waals surface area contributed by atoms with Gasteiger partial charge in [-0.05, 0) is 58.8 Å². The third-order valence-electron chi connectivity index (χ3n) is 4.66. The van der Waals surface area contributed by atoms with Crippen molar-refractivity contribution in [1.82, 2.24) is 5.32 Å². The SMILES string of the molecule is CC/C=C\C/C=C\C/C=C\C/C=C\C/C=C\CCCC(=O)N[C@@H](C)C(=O)O[C@H](C)[C@H](N)C=O. The molecule has 0 rings (SSSR count). The lowest BCUT2D eigenvalue weighted by molar-refractivity contribution is -0.152. The van der Waals surface area contributed by atoms with Crippen LogP contribution in [0.5, 0.6) is 0 Å². The van der Waals surface area contributed by atoms with Crippen molar-refractivity contribution in [2.45, 2.75) is 90.3 Å². The summed E-state index contributed by atoms with van der Waals surface area (Å²) in [7, 11) is 0. The van der Waals surface area contributed by atoms with E-state index in [1.807, 2.05) is 0 Å². The molecule has 6 heteroatoms. The van der Waals surface area contributed by atoms with Gasteiger partial charge in [-0.1, -0.05) is 67.7 Å². The van der Waals surface area contributed by atoms with E-state index in [-0.39, 0.29) is 5.91 Å².